The maximum atomic E-state index is 12.6. The summed E-state index contributed by atoms with van der Waals surface area (Å²) >= 11 is 1.61. The van der Waals surface area contributed by atoms with E-state index < -0.39 is 12.0 Å². The molecule has 2 heterocycles. The van der Waals surface area contributed by atoms with Crippen LogP contribution in [-0.4, -0.2) is 64.1 Å². The molecule has 6 heteroatoms. The van der Waals surface area contributed by atoms with Crippen LogP contribution in [0, 0.1) is 5.92 Å². The van der Waals surface area contributed by atoms with Crippen molar-refractivity contribution in [1.29, 1.82) is 0 Å². The van der Waals surface area contributed by atoms with E-state index in [2.05, 4.69) is 11.8 Å². The number of nitrogens with zero attached hydrogens (tertiary/aromatic N) is 2. The van der Waals surface area contributed by atoms with Gasteiger partial charge in [-0.25, -0.2) is 4.79 Å². The molecular weight excluding hydrogens is 264 g/mol. The Kier molecular flexibility index (Phi) is 4.73. The molecule has 0 aromatic heterocycles. The summed E-state index contributed by atoms with van der Waals surface area (Å²) in [6.45, 7) is 3.75. The first kappa shape index (κ1) is 14.7. The third-order valence-electron chi connectivity index (χ3n) is 3.91. The highest BCUT2D eigenvalue weighted by Gasteiger charge is 2.44. The minimum absolute atomic E-state index is 0.0232. The molecule has 0 bridgehead atoms. The lowest BCUT2D eigenvalue weighted by atomic mass is 10.1. The van der Waals surface area contributed by atoms with E-state index in [1.807, 2.05) is 7.05 Å². The number of carbonyl (C=O) groups is 2. The zero-order chi connectivity index (χ0) is 14.0. The number of thioether (sulfide) groups is 1. The van der Waals surface area contributed by atoms with Gasteiger partial charge in [-0.15, -0.1) is 11.8 Å². The number of rotatable bonds is 4. The fraction of sp³-hybridized carbons (Fsp3) is 0.846. The van der Waals surface area contributed by atoms with Crippen molar-refractivity contribution in [3.63, 3.8) is 0 Å². The molecule has 1 amide bonds. The second kappa shape index (κ2) is 6.13. The van der Waals surface area contributed by atoms with E-state index in [9.17, 15) is 14.7 Å². The zero-order valence-corrected chi connectivity index (χ0v) is 12.4. The lowest BCUT2D eigenvalue weighted by Gasteiger charge is -2.29. The predicted octanol–water partition coefficient (Wildman–Crippen LogP) is 1.09. The van der Waals surface area contributed by atoms with Crippen LogP contribution < -0.4 is 0 Å². The van der Waals surface area contributed by atoms with E-state index in [0.717, 1.165) is 32.4 Å². The monoisotopic (exact) mass is 286 g/mol. The lowest BCUT2D eigenvalue weighted by Crippen LogP contribution is -2.48. The molecule has 2 aliphatic heterocycles. The first-order valence-corrected chi connectivity index (χ1v) is 7.94. The highest BCUT2D eigenvalue weighted by molar-refractivity contribution is 8.00. The molecule has 0 aliphatic carbocycles. The Morgan fingerprint density at radius 3 is 2.68 bits per heavy atom. The lowest BCUT2D eigenvalue weighted by molar-refractivity contribution is -0.150. The third kappa shape index (κ3) is 3.05. The van der Waals surface area contributed by atoms with Gasteiger partial charge in [-0.05, 0) is 26.4 Å². The Morgan fingerprint density at radius 1 is 1.42 bits per heavy atom. The van der Waals surface area contributed by atoms with Gasteiger partial charge in [0.25, 0.3) is 0 Å². The van der Waals surface area contributed by atoms with Crippen LogP contribution in [-0.2, 0) is 9.59 Å². The van der Waals surface area contributed by atoms with E-state index in [0.29, 0.717) is 5.75 Å². The molecule has 19 heavy (non-hydrogen) atoms. The van der Waals surface area contributed by atoms with Crippen molar-refractivity contribution >= 4 is 23.6 Å². The number of hydrogen-bond acceptors (Lipinski definition) is 4. The summed E-state index contributed by atoms with van der Waals surface area (Å²) in [4.78, 5) is 27.7. The Morgan fingerprint density at radius 2 is 2.16 bits per heavy atom. The van der Waals surface area contributed by atoms with Crippen LogP contribution in [0.15, 0.2) is 0 Å². The van der Waals surface area contributed by atoms with Gasteiger partial charge in [-0.1, -0.05) is 13.3 Å². The standard InChI is InChI=1S/C13H22N2O3S/c1-3-4-11-15(10(8-19-11)13(17)18)12(16)9-5-6-14(2)7-9/h9-11H,3-8H2,1-2H3,(H,17,18). The first-order chi connectivity index (χ1) is 9.04. The van der Waals surface area contributed by atoms with Crippen LogP contribution in [0.3, 0.4) is 0 Å². The van der Waals surface area contributed by atoms with Gasteiger partial charge in [-0.3, -0.25) is 4.79 Å². The molecule has 2 aliphatic rings. The summed E-state index contributed by atoms with van der Waals surface area (Å²) < 4.78 is 0. The molecule has 3 unspecified atom stereocenters. The minimum Gasteiger partial charge on any atom is -0.480 e. The molecule has 2 saturated heterocycles. The Bertz CT molecular complexity index is 364. The second-order valence-corrected chi connectivity index (χ2v) is 6.63. The number of amides is 1. The van der Waals surface area contributed by atoms with E-state index in [-0.39, 0.29) is 17.2 Å². The highest BCUT2D eigenvalue weighted by Crippen LogP contribution is 2.34. The zero-order valence-electron chi connectivity index (χ0n) is 11.5. The van der Waals surface area contributed by atoms with Crippen molar-refractivity contribution < 1.29 is 14.7 Å². The summed E-state index contributed by atoms with van der Waals surface area (Å²) in [5.41, 5.74) is 0. The SMILES string of the molecule is CCCC1SCC(C(=O)O)N1C(=O)C1CCN(C)C1. The van der Waals surface area contributed by atoms with Gasteiger partial charge in [0.2, 0.25) is 5.91 Å². The van der Waals surface area contributed by atoms with Crippen LogP contribution in [0.4, 0.5) is 0 Å². The van der Waals surface area contributed by atoms with Gasteiger partial charge in [0.05, 0.1) is 11.3 Å². The number of aliphatic carboxylic acids is 1. The quantitative estimate of drug-likeness (QED) is 0.838. The van der Waals surface area contributed by atoms with Gasteiger partial charge in [0.15, 0.2) is 0 Å². The molecule has 2 rings (SSSR count). The average Bonchev–Trinajstić information content (AvgIpc) is 2.95. The molecule has 0 spiro atoms. The largest absolute Gasteiger partial charge is 0.480 e. The van der Waals surface area contributed by atoms with Crippen molar-refractivity contribution in [3.05, 3.63) is 0 Å². The number of carboxylic acid groups (broad SMARTS) is 1. The molecule has 108 valence electrons. The van der Waals surface area contributed by atoms with Crippen molar-refractivity contribution in [1.82, 2.24) is 9.80 Å². The number of carboxylic acids is 1. The van der Waals surface area contributed by atoms with Crippen molar-refractivity contribution in [2.75, 3.05) is 25.9 Å². The Balaban J connectivity index is 2.11. The van der Waals surface area contributed by atoms with E-state index >= 15 is 0 Å². The van der Waals surface area contributed by atoms with Crippen molar-refractivity contribution in [2.45, 2.75) is 37.6 Å². The molecule has 0 radical (unpaired) electrons. The van der Waals surface area contributed by atoms with Crippen LogP contribution in [0.25, 0.3) is 0 Å². The fourth-order valence-corrected chi connectivity index (χ4v) is 4.39. The molecule has 0 aromatic carbocycles. The summed E-state index contributed by atoms with van der Waals surface area (Å²) in [5.74, 6) is -0.329. The molecule has 5 nitrogen and oxygen atoms in total. The number of hydrogen-bond donors (Lipinski definition) is 1. The summed E-state index contributed by atoms with van der Waals surface area (Å²) in [6.07, 6.45) is 2.70. The predicted molar refractivity (Wildman–Crippen MR) is 75.0 cm³/mol. The molecule has 0 saturated carbocycles. The normalized spacial score (nSPS) is 31.9. The molecular formula is C13H22N2O3S. The van der Waals surface area contributed by atoms with E-state index in [1.165, 1.54) is 0 Å². The van der Waals surface area contributed by atoms with Gasteiger partial charge in [0, 0.05) is 12.3 Å². The highest BCUT2D eigenvalue weighted by atomic mass is 32.2. The first-order valence-electron chi connectivity index (χ1n) is 6.89. The third-order valence-corrected chi connectivity index (χ3v) is 5.26. The van der Waals surface area contributed by atoms with Gasteiger partial charge >= 0.3 is 5.97 Å². The average molecular weight is 286 g/mol. The van der Waals surface area contributed by atoms with Crippen LogP contribution >= 0.6 is 11.8 Å². The number of likely N-dealkylation sites (tertiary alicyclic amines) is 1. The Hall–Kier alpha value is -0.750. The van der Waals surface area contributed by atoms with Gasteiger partial charge in [0.1, 0.15) is 6.04 Å². The van der Waals surface area contributed by atoms with Crippen LogP contribution in [0.2, 0.25) is 0 Å². The summed E-state index contributed by atoms with van der Waals surface area (Å²) in [7, 11) is 2.00. The van der Waals surface area contributed by atoms with Crippen LogP contribution in [0.1, 0.15) is 26.2 Å². The maximum absolute atomic E-state index is 12.6. The summed E-state index contributed by atoms with van der Waals surface area (Å²) in [5, 5.41) is 9.34. The molecule has 2 fully saturated rings. The van der Waals surface area contributed by atoms with Gasteiger partial charge < -0.3 is 14.9 Å². The minimum atomic E-state index is -0.870. The summed E-state index contributed by atoms with van der Waals surface area (Å²) in [6, 6.07) is -0.639. The Labute approximate surface area is 118 Å². The molecule has 3 atom stereocenters. The van der Waals surface area contributed by atoms with Crippen molar-refractivity contribution in [3.8, 4) is 0 Å². The topological polar surface area (TPSA) is 60.9 Å². The molecule has 1 N–H and O–H groups in total. The number of carbonyl (C=O) groups excluding carboxylic acids is 1. The van der Waals surface area contributed by atoms with E-state index in [1.54, 1.807) is 16.7 Å². The van der Waals surface area contributed by atoms with E-state index in [4.69, 9.17) is 0 Å². The van der Waals surface area contributed by atoms with Gasteiger partial charge in [-0.2, -0.15) is 0 Å². The maximum Gasteiger partial charge on any atom is 0.327 e. The fourth-order valence-electron chi connectivity index (χ4n) is 2.87. The second-order valence-electron chi connectivity index (χ2n) is 5.42. The van der Waals surface area contributed by atoms with Crippen molar-refractivity contribution in [2.24, 2.45) is 5.92 Å². The smallest absolute Gasteiger partial charge is 0.327 e. The molecule has 0 aromatic rings. The van der Waals surface area contributed by atoms with Crippen LogP contribution in [0.5, 0.6) is 0 Å².